The highest BCUT2D eigenvalue weighted by Crippen LogP contribution is 2.36. The molecule has 0 amide bonds. The van der Waals surface area contributed by atoms with Crippen molar-refractivity contribution in [2.45, 2.75) is 13.8 Å². The molecule has 6 heteroatoms. The van der Waals surface area contributed by atoms with Crippen molar-refractivity contribution in [3.05, 3.63) is 66.1 Å². The molecule has 4 rings (SSSR count). The van der Waals surface area contributed by atoms with Crippen molar-refractivity contribution in [1.82, 2.24) is 14.9 Å². The fourth-order valence-electron chi connectivity index (χ4n) is 3.24. The van der Waals surface area contributed by atoms with Gasteiger partial charge in [-0.25, -0.2) is 9.98 Å². The standard InChI is InChI=1S/C24H22N4O2/c1-15-7-10-22(30-15)23-20(17-8-9-21-18(12-17)6-5-11-25-21)13-19(16(2)29)24(27-23)26-14-28(3)4/h5-14H,1-4H3. The summed E-state index contributed by atoms with van der Waals surface area (Å²) in [5.74, 6) is 1.69. The van der Waals surface area contributed by atoms with Crippen molar-refractivity contribution in [2.75, 3.05) is 14.1 Å². The molecule has 0 atom stereocenters. The van der Waals surface area contributed by atoms with Gasteiger partial charge >= 0.3 is 0 Å². The Balaban J connectivity index is 1.99. The van der Waals surface area contributed by atoms with Crippen molar-refractivity contribution >= 4 is 28.8 Å². The summed E-state index contributed by atoms with van der Waals surface area (Å²) in [6.45, 7) is 3.41. The molecule has 3 heterocycles. The molecule has 30 heavy (non-hydrogen) atoms. The summed E-state index contributed by atoms with van der Waals surface area (Å²) in [7, 11) is 3.73. The molecule has 150 valence electrons. The Kier molecular flexibility index (Phi) is 5.14. The maximum absolute atomic E-state index is 12.4. The van der Waals surface area contributed by atoms with Gasteiger partial charge in [-0.1, -0.05) is 12.1 Å². The van der Waals surface area contributed by atoms with Crippen LogP contribution < -0.4 is 0 Å². The predicted molar refractivity (Wildman–Crippen MR) is 119 cm³/mol. The van der Waals surface area contributed by atoms with Crippen LogP contribution in [0.3, 0.4) is 0 Å². The number of pyridine rings is 2. The van der Waals surface area contributed by atoms with Crippen LogP contribution in [-0.2, 0) is 0 Å². The molecular formula is C24H22N4O2. The summed E-state index contributed by atoms with van der Waals surface area (Å²) in [6.07, 6.45) is 3.40. The molecule has 0 aliphatic carbocycles. The van der Waals surface area contributed by atoms with E-state index >= 15 is 0 Å². The summed E-state index contributed by atoms with van der Waals surface area (Å²) < 4.78 is 5.88. The minimum atomic E-state index is -0.0979. The Labute approximate surface area is 174 Å². The van der Waals surface area contributed by atoms with Gasteiger partial charge in [-0.05, 0) is 55.8 Å². The molecule has 4 aromatic rings. The number of aryl methyl sites for hydroxylation is 1. The molecule has 0 N–H and O–H groups in total. The molecule has 6 nitrogen and oxygen atoms in total. The summed E-state index contributed by atoms with van der Waals surface area (Å²) in [5.41, 5.74) is 3.74. The smallest absolute Gasteiger partial charge is 0.165 e. The molecule has 0 radical (unpaired) electrons. The van der Waals surface area contributed by atoms with E-state index in [-0.39, 0.29) is 5.78 Å². The first-order valence-corrected chi connectivity index (χ1v) is 9.61. The van der Waals surface area contributed by atoms with Gasteiger partial charge in [-0.3, -0.25) is 9.78 Å². The molecule has 0 bridgehead atoms. The van der Waals surface area contributed by atoms with Gasteiger partial charge in [-0.2, -0.15) is 0 Å². The second kappa shape index (κ2) is 7.91. The summed E-state index contributed by atoms with van der Waals surface area (Å²) in [4.78, 5) is 27.8. The fraction of sp³-hybridized carbons (Fsp3) is 0.167. The van der Waals surface area contributed by atoms with Gasteiger partial charge in [0.05, 0.1) is 17.4 Å². The van der Waals surface area contributed by atoms with Gasteiger partial charge in [0.25, 0.3) is 0 Å². The minimum Gasteiger partial charge on any atom is -0.460 e. The molecule has 1 aromatic carbocycles. The fourth-order valence-corrected chi connectivity index (χ4v) is 3.24. The highest BCUT2D eigenvalue weighted by Gasteiger charge is 2.19. The quantitative estimate of drug-likeness (QED) is 0.259. The Morgan fingerprint density at radius 2 is 1.97 bits per heavy atom. The van der Waals surface area contributed by atoms with E-state index in [4.69, 9.17) is 9.40 Å². The molecule has 0 aliphatic rings. The second-order valence-electron chi connectivity index (χ2n) is 7.34. The van der Waals surface area contributed by atoms with E-state index in [1.54, 1.807) is 17.4 Å². The number of ketones is 1. The van der Waals surface area contributed by atoms with Crippen LogP contribution in [0.2, 0.25) is 0 Å². The predicted octanol–water partition coefficient (Wildman–Crippen LogP) is 5.29. The van der Waals surface area contributed by atoms with E-state index in [0.29, 0.717) is 22.8 Å². The van der Waals surface area contributed by atoms with Crippen LogP contribution in [0.1, 0.15) is 23.0 Å². The molecule has 0 saturated carbocycles. The van der Waals surface area contributed by atoms with Gasteiger partial charge < -0.3 is 9.32 Å². The van der Waals surface area contributed by atoms with Crippen molar-refractivity contribution < 1.29 is 9.21 Å². The number of nitrogens with zero attached hydrogens (tertiary/aromatic N) is 4. The zero-order chi connectivity index (χ0) is 21.3. The third-order valence-electron chi connectivity index (χ3n) is 4.68. The van der Waals surface area contributed by atoms with Crippen LogP contribution in [0.5, 0.6) is 0 Å². The van der Waals surface area contributed by atoms with E-state index in [0.717, 1.165) is 27.8 Å². The number of Topliss-reactive ketones (excluding diaryl/α,β-unsaturated/α-hetero) is 1. The van der Waals surface area contributed by atoms with Crippen LogP contribution in [0.15, 0.2) is 64.1 Å². The van der Waals surface area contributed by atoms with Gasteiger partial charge in [0.1, 0.15) is 11.5 Å². The Hall–Kier alpha value is -3.80. The Morgan fingerprint density at radius 1 is 1.13 bits per heavy atom. The van der Waals surface area contributed by atoms with Crippen molar-refractivity contribution in [3.8, 4) is 22.6 Å². The van der Waals surface area contributed by atoms with Gasteiger partial charge in [-0.15, -0.1) is 0 Å². The Bertz CT molecular complexity index is 1270. The third-order valence-corrected chi connectivity index (χ3v) is 4.68. The first kappa shape index (κ1) is 19.5. The topological polar surface area (TPSA) is 71.6 Å². The number of aliphatic imine (C=N–C) groups is 1. The van der Waals surface area contributed by atoms with Crippen LogP contribution in [0.25, 0.3) is 33.5 Å². The molecular weight excluding hydrogens is 376 g/mol. The number of furan rings is 1. The van der Waals surface area contributed by atoms with Crippen LogP contribution in [0.4, 0.5) is 5.82 Å². The van der Waals surface area contributed by atoms with Crippen LogP contribution in [-0.4, -0.2) is 41.1 Å². The largest absolute Gasteiger partial charge is 0.460 e. The van der Waals surface area contributed by atoms with Gasteiger partial charge in [0, 0.05) is 31.2 Å². The molecule has 0 unspecified atom stereocenters. The zero-order valence-electron chi connectivity index (χ0n) is 17.4. The number of hydrogen-bond donors (Lipinski definition) is 0. The minimum absolute atomic E-state index is 0.0979. The Morgan fingerprint density at radius 3 is 2.67 bits per heavy atom. The lowest BCUT2D eigenvalue weighted by Crippen LogP contribution is -2.08. The molecule has 0 saturated heterocycles. The number of carbonyl (C=O) groups excluding carboxylic acids is 1. The average molecular weight is 398 g/mol. The summed E-state index contributed by atoms with van der Waals surface area (Å²) >= 11 is 0. The van der Waals surface area contributed by atoms with Crippen molar-refractivity contribution in [2.24, 2.45) is 4.99 Å². The van der Waals surface area contributed by atoms with Crippen molar-refractivity contribution in [1.29, 1.82) is 0 Å². The number of aromatic nitrogens is 2. The lowest BCUT2D eigenvalue weighted by atomic mass is 9.97. The third kappa shape index (κ3) is 3.85. The maximum atomic E-state index is 12.4. The maximum Gasteiger partial charge on any atom is 0.165 e. The first-order valence-electron chi connectivity index (χ1n) is 9.61. The number of benzene rings is 1. The van der Waals surface area contributed by atoms with E-state index in [2.05, 4.69) is 9.98 Å². The zero-order valence-corrected chi connectivity index (χ0v) is 17.4. The molecule has 3 aromatic heterocycles. The SMILES string of the molecule is CC(=O)c1cc(-c2ccc3ncccc3c2)c(-c2ccc(C)o2)nc1N=CN(C)C. The van der Waals surface area contributed by atoms with Crippen LogP contribution in [0, 0.1) is 6.92 Å². The lowest BCUT2D eigenvalue weighted by Gasteiger charge is -2.13. The van der Waals surface area contributed by atoms with Crippen LogP contribution >= 0.6 is 0 Å². The lowest BCUT2D eigenvalue weighted by molar-refractivity contribution is 0.101. The highest BCUT2D eigenvalue weighted by molar-refractivity contribution is 6.01. The number of fused-ring (bicyclic) bond motifs is 1. The monoisotopic (exact) mass is 398 g/mol. The molecule has 0 fully saturated rings. The highest BCUT2D eigenvalue weighted by atomic mass is 16.3. The van der Waals surface area contributed by atoms with E-state index < -0.39 is 0 Å². The summed E-state index contributed by atoms with van der Waals surface area (Å²) in [5, 5.41) is 1.01. The van der Waals surface area contributed by atoms with E-state index in [1.807, 2.05) is 69.6 Å². The number of carbonyl (C=O) groups is 1. The van der Waals surface area contributed by atoms with Gasteiger partial charge in [0.15, 0.2) is 17.4 Å². The average Bonchev–Trinajstić information content (AvgIpc) is 3.17. The number of hydrogen-bond acceptors (Lipinski definition) is 5. The van der Waals surface area contributed by atoms with Gasteiger partial charge in [0.2, 0.25) is 0 Å². The summed E-state index contributed by atoms with van der Waals surface area (Å²) in [6, 6.07) is 15.5. The normalized spacial score (nSPS) is 11.3. The molecule has 0 aliphatic heterocycles. The first-order chi connectivity index (χ1) is 14.4. The second-order valence-corrected chi connectivity index (χ2v) is 7.34. The van der Waals surface area contributed by atoms with E-state index in [1.165, 1.54) is 6.92 Å². The van der Waals surface area contributed by atoms with Crippen molar-refractivity contribution in [3.63, 3.8) is 0 Å². The van der Waals surface area contributed by atoms with E-state index in [9.17, 15) is 4.79 Å². The molecule has 0 spiro atoms. The number of rotatable bonds is 5.